The number of hydrogen-bond donors (Lipinski definition) is 1. The molecular formula is C29H37N5O3. The van der Waals surface area contributed by atoms with Crippen LogP contribution in [0.2, 0.25) is 0 Å². The highest BCUT2D eigenvalue weighted by Gasteiger charge is 2.71. The van der Waals surface area contributed by atoms with Crippen molar-refractivity contribution in [3.8, 4) is 0 Å². The largest absolute Gasteiger partial charge is 0.444 e. The second kappa shape index (κ2) is 7.93. The maximum Gasteiger partial charge on any atom is 0.408 e. The summed E-state index contributed by atoms with van der Waals surface area (Å²) < 4.78 is 13.7. The molecule has 4 aliphatic rings. The van der Waals surface area contributed by atoms with Crippen molar-refractivity contribution in [2.45, 2.75) is 77.0 Å². The number of aryl methyl sites for hydroxylation is 1. The zero-order valence-electron chi connectivity index (χ0n) is 22.7. The molecule has 4 atom stereocenters. The van der Waals surface area contributed by atoms with Gasteiger partial charge in [0.15, 0.2) is 17.1 Å². The van der Waals surface area contributed by atoms with Gasteiger partial charge in [0.25, 0.3) is 0 Å². The van der Waals surface area contributed by atoms with Crippen LogP contribution < -0.4 is 10.2 Å². The zero-order valence-corrected chi connectivity index (χ0v) is 22.7. The molecule has 1 aromatic carbocycles. The number of nitrogens with one attached hydrogen (secondary N) is 1. The van der Waals surface area contributed by atoms with Crippen LogP contribution in [0.3, 0.4) is 0 Å². The molecule has 3 aromatic rings. The molecule has 37 heavy (non-hydrogen) atoms. The number of alkyl carbamates (subject to hydrolysis) is 1. The van der Waals surface area contributed by atoms with Crippen LogP contribution in [-0.4, -0.2) is 52.0 Å². The Morgan fingerprint density at radius 3 is 2.68 bits per heavy atom. The van der Waals surface area contributed by atoms with Gasteiger partial charge in [-0.15, -0.1) is 5.10 Å². The van der Waals surface area contributed by atoms with E-state index in [0.717, 1.165) is 42.8 Å². The lowest BCUT2D eigenvalue weighted by atomic mass is 9.58. The normalized spacial score (nSPS) is 31.0. The van der Waals surface area contributed by atoms with E-state index in [2.05, 4.69) is 73.6 Å². The fourth-order valence-corrected chi connectivity index (χ4v) is 6.53. The highest BCUT2D eigenvalue weighted by atomic mass is 16.6. The SMILES string of the molecule is Cc1cc(N2CC[C@](C)(c3ccccc3)C2)cn2nc(C34C[C@](C)(CO3)C4NC(=O)OC(C)(C)C)nc12. The van der Waals surface area contributed by atoms with E-state index in [4.69, 9.17) is 19.6 Å². The fraction of sp³-hybridized carbons (Fsp3) is 0.552. The summed E-state index contributed by atoms with van der Waals surface area (Å²) in [6.07, 6.45) is 3.51. The molecule has 2 bridgehead atoms. The van der Waals surface area contributed by atoms with E-state index < -0.39 is 17.3 Å². The third-order valence-corrected chi connectivity index (χ3v) is 8.44. The summed E-state index contributed by atoms with van der Waals surface area (Å²) in [4.78, 5) is 20.0. The van der Waals surface area contributed by atoms with Crippen LogP contribution in [0.5, 0.6) is 0 Å². The van der Waals surface area contributed by atoms with Gasteiger partial charge in [-0.05, 0) is 57.7 Å². The summed E-state index contributed by atoms with van der Waals surface area (Å²) >= 11 is 0. The Labute approximate surface area is 218 Å². The number of amides is 1. The predicted molar refractivity (Wildman–Crippen MR) is 142 cm³/mol. The Bertz CT molecular complexity index is 1370. The summed E-state index contributed by atoms with van der Waals surface area (Å²) in [7, 11) is 0. The van der Waals surface area contributed by atoms with Crippen LogP contribution in [-0.2, 0) is 20.5 Å². The Hall–Kier alpha value is -3.13. The first kappa shape index (κ1) is 24.2. The zero-order chi connectivity index (χ0) is 26.2. The molecule has 196 valence electrons. The molecule has 3 aliphatic heterocycles. The number of carbonyl (C=O) groups excluding carboxylic acids is 1. The molecule has 2 aromatic heterocycles. The minimum absolute atomic E-state index is 0.116. The third kappa shape index (κ3) is 3.88. The number of benzene rings is 1. The molecule has 0 radical (unpaired) electrons. The second-order valence-corrected chi connectivity index (χ2v) is 12.8. The summed E-state index contributed by atoms with van der Waals surface area (Å²) in [6.45, 7) is 14.7. The van der Waals surface area contributed by atoms with Gasteiger partial charge in [-0.1, -0.05) is 44.2 Å². The highest BCUT2D eigenvalue weighted by molar-refractivity contribution is 5.69. The van der Waals surface area contributed by atoms with E-state index in [1.54, 1.807) is 0 Å². The molecule has 4 fully saturated rings. The minimum atomic E-state index is -0.732. The summed E-state index contributed by atoms with van der Waals surface area (Å²) in [5.74, 6) is 0.624. The molecule has 5 heterocycles. The lowest BCUT2D eigenvalue weighted by Gasteiger charge is -2.49. The van der Waals surface area contributed by atoms with Gasteiger partial charge in [0, 0.05) is 23.9 Å². The predicted octanol–water partition coefficient (Wildman–Crippen LogP) is 4.73. The standard InChI is InChI=1S/C29H37N5O3/c1-19-14-21(33-13-12-27(5,17-33)20-10-8-7-9-11-20)15-34-22(19)30-24(32-34)29-16-28(6,18-36-29)23(29)31-25(35)37-26(2,3)4/h7-11,14-15,23H,12-13,16-18H2,1-6H3,(H,31,35)/t23?,27-,28+,29?/m0/s1. The molecule has 1 aliphatic carbocycles. The fourth-order valence-electron chi connectivity index (χ4n) is 6.53. The molecule has 7 rings (SSSR count). The average molecular weight is 504 g/mol. The molecule has 0 spiro atoms. The first-order chi connectivity index (χ1) is 17.4. The molecule has 8 nitrogen and oxygen atoms in total. The number of ether oxygens (including phenoxy) is 2. The van der Waals surface area contributed by atoms with Crippen LogP contribution >= 0.6 is 0 Å². The van der Waals surface area contributed by atoms with Crippen molar-refractivity contribution in [2.75, 3.05) is 24.6 Å². The van der Waals surface area contributed by atoms with Crippen molar-refractivity contribution in [3.05, 3.63) is 59.5 Å². The van der Waals surface area contributed by atoms with Gasteiger partial charge >= 0.3 is 6.09 Å². The number of pyridine rings is 1. The average Bonchev–Trinajstić information content (AvgIpc) is 3.58. The molecule has 3 saturated heterocycles. The first-order valence-electron chi connectivity index (χ1n) is 13.2. The van der Waals surface area contributed by atoms with Crippen molar-refractivity contribution in [1.29, 1.82) is 0 Å². The number of rotatable bonds is 4. The van der Waals surface area contributed by atoms with E-state index >= 15 is 0 Å². The van der Waals surface area contributed by atoms with Gasteiger partial charge in [-0.2, -0.15) is 0 Å². The van der Waals surface area contributed by atoms with Gasteiger partial charge in [0.2, 0.25) is 0 Å². The van der Waals surface area contributed by atoms with Gasteiger partial charge in [-0.25, -0.2) is 14.3 Å². The lowest BCUT2D eigenvalue weighted by Crippen LogP contribution is -2.65. The second-order valence-electron chi connectivity index (χ2n) is 12.8. The van der Waals surface area contributed by atoms with Crippen molar-refractivity contribution >= 4 is 17.4 Å². The van der Waals surface area contributed by atoms with Gasteiger partial charge in [-0.3, -0.25) is 0 Å². The number of fused-ring (bicyclic) bond motifs is 2. The number of aromatic nitrogens is 3. The smallest absolute Gasteiger partial charge is 0.408 e. The van der Waals surface area contributed by atoms with Crippen molar-refractivity contribution in [2.24, 2.45) is 5.41 Å². The van der Waals surface area contributed by atoms with Gasteiger partial charge in [0.05, 0.1) is 24.5 Å². The molecule has 2 unspecified atom stereocenters. The summed E-state index contributed by atoms with van der Waals surface area (Å²) in [5, 5.41) is 7.99. The summed E-state index contributed by atoms with van der Waals surface area (Å²) in [5.41, 5.74) is 3.07. The van der Waals surface area contributed by atoms with Gasteiger partial charge in [0.1, 0.15) is 5.60 Å². The van der Waals surface area contributed by atoms with Crippen LogP contribution in [0, 0.1) is 12.3 Å². The van der Waals surface area contributed by atoms with Crippen LogP contribution in [0.1, 0.15) is 64.4 Å². The Morgan fingerprint density at radius 2 is 1.97 bits per heavy atom. The third-order valence-electron chi connectivity index (χ3n) is 8.44. The van der Waals surface area contributed by atoms with E-state index in [1.807, 2.05) is 25.3 Å². The quantitative estimate of drug-likeness (QED) is 0.554. The maximum atomic E-state index is 12.6. The summed E-state index contributed by atoms with van der Waals surface area (Å²) in [6, 6.07) is 12.8. The lowest BCUT2D eigenvalue weighted by molar-refractivity contribution is -0.0635. The first-order valence-corrected chi connectivity index (χ1v) is 13.2. The van der Waals surface area contributed by atoms with E-state index in [1.165, 1.54) is 5.56 Å². The van der Waals surface area contributed by atoms with Crippen molar-refractivity contribution in [3.63, 3.8) is 0 Å². The van der Waals surface area contributed by atoms with E-state index in [9.17, 15) is 4.79 Å². The van der Waals surface area contributed by atoms with Crippen LogP contribution in [0.4, 0.5) is 10.5 Å². The van der Waals surface area contributed by atoms with E-state index in [-0.39, 0.29) is 16.9 Å². The number of carbonyl (C=O) groups is 1. The molecule has 1 amide bonds. The monoisotopic (exact) mass is 503 g/mol. The van der Waals surface area contributed by atoms with Crippen LogP contribution in [0.15, 0.2) is 42.6 Å². The Kier molecular flexibility index (Phi) is 5.19. The molecule has 1 saturated carbocycles. The van der Waals surface area contributed by atoms with Crippen molar-refractivity contribution in [1.82, 2.24) is 19.9 Å². The Balaban J connectivity index is 1.28. The number of anilines is 1. The van der Waals surface area contributed by atoms with Gasteiger partial charge < -0.3 is 19.7 Å². The van der Waals surface area contributed by atoms with Crippen LogP contribution in [0.25, 0.3) is 5.65 Å². The van der Waals surface area contributed by atoms with Crippen molar-refractivity contribution < 1.29 is 14.3 Å². The Morgan fingerprint density at radius 1 is 1.22 bits per heavy atom. The maximum absolute atomic E-state index is 12.6. The minimum Gasteiger partial charge on any atom is -0.444 e. The number of hydrogen-bond acceptors (Lipinski definition) is 6. The number of nitrogens with zero attached hydrogens (tertiary/aromatic N) is 4. The molecule has 1 N–H and O–H groups in total. The topological polar surface area (TPSA) is 81.0 Å². The van der Waals surface area contributed by atoms with E-state index in [0.29, 0.717) is 12.4 Å². The molecule has 8 heteroatoms. The molecular weight excluding hydrogens is 466 g/mol. The highest BCUT2D eigenvalue weighted by Crippen LogP contribution is 2.62.